The standard InChI is InChI=1S/C34H44N8O7S/c1-33(2,49)26-18-37-40-42(26)23-17-25(31(47)39-34(27(43)29(36)45)12-14-50-15-13-34)41(19-23)32(48)24(16-20-6-4-3-5-7-20)38-30(46)22-10-8-21(9-11-22)28(35)44/h8-11,18,20,23,25,49H,3-7,12-17,19H2,1-2H3,(H2,35,44)(H2,36,45)(H,39,47)/t23-,25-/m0/s1. The van der Waals surface area contributed by atoms with Crippen LogP contribution in [-0.2, 0) is 24.8 Å². The molecule has 2 atom stereocenters. The van der Waals surface area contributed by atoms with Gasteiger partial charge in [0, 0.05) is 24.1 Å². The molecule has 2 aliphatic heterocycles. The average Bonchev–Trinajstić information content (AvgIpc) is 3.77. The van der Waals surface area contributed by atoms with Crippen LogP contribution in [0.5, 0.6) is 0 Å². The minimum absolute atomic E-state index is 0.0161. The fourth-order valence-electron chi connectivity index (χ4n) is 7.07. The number of nitrogens with zero attached hydrogens (tertiary/aromatic N) is 5. The van der Waals surface area contributed by atoms with Crippen molar-refractivity contribution in [3.05, 3.63) is 47.3 Å². The number of thioether (sulfide) groups is 1. The molecule has 1 saturated carbocycles. The average molecular weight is 709 g/mol. The van der Waals surface area contributed by atoms with Gasteiger partial charge in [-0.2, -0.15) is 11.8 Å². The highest BCUT2D eigenvalue weighted by atomic mass is 32.2. The molecule has 1 aromatic heterocycles. The Bertz CT molecular complexity index is 1670. The number of primary amides is 2. The first-order valence-electron chi connectivity index (χ1n) is 16.9. The molecule has 6 N–H and O–H groups in total. The van der Waals surface area contributed by atoms with E-state index in [1.165, 1.54) is 40.0 Å². The first kappa shape index (κ1) is 36.8. The molecule has 3 aliphatic rings. The van der Waals surface area contributed by atoms with Crippen LogP contribution in [-0.4, -0.2) is 95.7 Å². The predicted molar refractivity (Wildman–Crippen MR) is 184 cm³/mol. The third kappa shape index (κ3) is 8.12. The maximum Gasteiger partial charge on any atom is 0.287 e. The van der Waals surface area contributed by atoms with E-state index in [1.54, 1.807) is 25.6 Å². The molecule has 0 bridgehead atoms. The Kier molecular flexibility index (Phi) is 11.2. The van der Waals surface area contributed by atoms with Crippen molar-refractivity contribution in [1.29, 1.82) is 0 Å². The number of benzene rings is 1. The third-order valence-electron chi connectivity index (χ3n) is 9.86. The van der Waals surface area contributed by atoms with Crippen LogP contribution in [0.4, 0.5) is 0 Å². The van der Waals surface area contributed by atoms with Crippen molar-refractivity contribution in [3.8, 4) is 0 Å². The summed E-state index contributed by atoms with van der Waals surface area (Å²) in [5, 5.41) is 21.8. The smallest absolute Gasteiger partial charge is 0.287 e. The summed E-state index contributed by atoms with van der Waals surface area (Å²) in [7, 11) is 0. The zero-order valence-corrected chi connectivity index (χ0v) is 29.1. The lowest BCUT2D eigenvalue weighted by molar-refractivity contribution is -0.143. The van der Waals surface area contributed by atoms with Gasteiger partial charge in [0.2, 0.25) is 17.6 Å². The van der Waals surface area contributed by atoms with Crippen LogP contribution in [0.3, 0.4) is 0 Å². The van der Waals surface area contributed by atoms with Crippen LogP contribution in [0, 0.1) is 5.92 Å². The molecule has 0 unspecified atom stereocenters. The Morgan fingerprint density at radius 1 is 1.02 bits per heavy atom. The van der Waals surface area contributed by atoms with Gasteiger partial charge in [-0.1, -0.05) is 37.3 Å². The molecule has 0 spiro atoms. The summed E-state index contributed by atoms with van der Waals surface area (Å²) in [5.74, 6) is -3.55. The van der Waals surface area contributed by atoms with Crippen LogP contribution in [0.25, 0.3) is 0 Å². The summed E-state index contributed by atoms with van der Waals surface area (Å²) in [6.07, 6.45) is 6.78. The van der Waals surface area contributed by atoms with Gasteiger partial charge in [0.25, 0.3) is 17.7 Å². The van der Waals surface area contributed by atoms with E-state index < -0.39 is 58.5 Å². The summed E-state index contributed by atoms with van der Waals surface area (Å²) < 4.78 is 1.48. The summed E-state index contributed by atoms with van der Waals surface area (Å²) in [6.45, 7) is 3.10. The van der Waals surface area contributed by atoms with Crippen molar-refractivity contribution < 1.29 is 33.9 Å². The number of Topliss-reactive ketones (excluding diaryl/α,β-unsaturated/α-hetero) is 1. The number of amides is 5. The fraction of sp³-hybridized carbons (Fsp3) is 0.559. The molecular weight excluding hydrogens is 664 g/mol. The molecule has 2 saturated heterocycles. The van der Waals surface area contributed by atoms with Gasteiger partial charge in [0.1, 0.15) is 22.9 Å². The Morgan fingerprint density at radius 3 is 2.26 bits per heavy atom. The molecule has 2 aromatic rings. The molecule has 15 nitrogen and oxygen atoms in total. The largest absolute Gasteiger partial charge is 0.384 e. The number of likely N-dealkylation sites (tertiary alicyclic amines) is 1. The van der Waals surface area contributed by atoms with Gasteiger partial charge in [-0.25, -0.2) is 9.67 Å². The van der Waals surface area contributed by atoms with Crippen LogP contribution >= 0.6 is 11.8 Å². The van der Waals surface area contributed by atoms with Crippen molar-refractivity contribution in [2.24, 2.45) is 22.4 Å². The maximum absolute atomic E-state index is 14.6. The van der Waals surface area contributed by atoms with E-state index in [9.17, 15) is 33.9 Å². The highest BCUT2D eigenvalue weighted by molar-refractivity contribution is 7.99. The number of rotatable bonds is 11. The molecule has 3 heterocycles. The van der Waals surface area contributed by atoms with Crippen LogP contribution in [0.15, 0.2) is 35.5 Å². The van der Waals surface area contributed by atoms with Crippen molar-refractivity contribution in [2.45, 2.75) is 94.9 Å². The van der Waals surface area contributed by atoms with Gasteiger partial charge in [0.15, 0.2) is 0 Å². The number of nitrogens with two attached hydrogens (primary N) is 2. The molecule has 1 aliphatic carbocycles. The lowest BCUT2D eigenvalue weighted by Gasteiger charge is -2.37. The second-order valence-electron chi connectivity index (χ2n) is 13.9. The van der Waals surface area contributed by atoms with Crippen LogP contribution < -0.4 is 16.8 Å². The minimum atomic E-state index is -1.52. The topological polar surface area (TPSA) is 233 Å². The second kappa shape index (κ2) is 15.2. The molecule has 5 rings (SSSR count). The Balaban J connectivity index is 1.52. The number of ketones is 1. The lowest BCUT2D eigenvalue weighted by Crippen LogP contribution is -2.63. The number of aromatic nitrogens is 3. The van der Waals surface area contributed by atoms with Gasteiger partial charge in [-0.05, 0) is 74.8 Å². The Hall–Kier alpha value is -4.44. The summed E-state index contributed by atoms with van der Waals surface area (Å²) in [6, 6.07) is 3.88. The number of nitrogens with one attached hydrogen (secondary N) is 1. The van der Waals surface area contributed by atoms with Gasteiger partial charge >= 0.3 is 0 Å². The van der Waals surface area contributed by atoms with E-state index in [4.69, 9.17) is 11.5 Å². The Morgan fingerprint density at radius 2 is 1.66 bits per heavy atom. The number of carbonyl (C=O) groups is 6. The first-order valence-corrected chi connectivity index (χ1v) is 18.1. The van der Waals surface area contributed by atoms with Crippen molar-refractivity contribution >= 4 is 52.8 Å². The number of aliphatic hydroxyl groups is 1. The van der Waals surface area contributed by atoms with E-state index in [0.717, 1.165) is 32.1 Å². The monoisotopic (exact) mass is 708 g/mol. The summed E-state index contributed by atoms with van der Waals surface area (Å²) in [4.78, 5) is 84.8. The zero-order chi connectivity index (χ0) is 36.2. The Labute approximate surface area is 294 Å². The molecular formula is C34H44N8O7S. The van der Waals surface area contributed by atoms with Gasteiger partial charge < -0.3 is 26.8 Å². The molecule has 3 fully saturated rings. The van der Waals surface area contributed by atoms with Crippen molar-refractivity contribution in [2.75, 3.05) is 18.1 Å². The molecule has 1 aromatic carbocycles. The normalized spacial score (nSPS) is 21.4. The minimum Gasteiger partial charge on any atom is -0.384 e. The van der Waals surface area contributed by atoms with Gasteiger partial charge in [-0.3, -0.25) is 28.8 Å². The number of carbonyl (C=O) groups excluding carboxylic acids is 6. The van der Waals surface area contributed by atoms with Crippen LogP contribution in [0.1, 0.15) is 104 Å². The van der Waals surface area contributed by atoms with E-state index in [-0.39, 0.29) is 55.0 Å². The highest BCUT2D eigenvalue weighted by Crippen LogP contribution is 2.34. The summed E-state index contributed by atoms with van der Waals surface area (Å²) >= 11 is 1.59. The van der Waals surface area contributed by atoms with Gasteiger partial charge in [-0.15, -0.1) is 5.10 Å². The SMILES string of the molecule is CC(C)(O)c1cnnn1[C@H]1C[C@@H](C(=O)NC2(C(=O)C(N)=O)CCSCC2)N(C(=O)C(CC2CCCCC2)=NC(=O)c2ccc(C(N)=O)cc2)C1. The molecule has 5 amide bonds. The maximum atomic E-state index is 14.6. The first-order chi connectivity index (χ1) is 23.7. The van der Waals surface area contributed by atoms with E-state index in [0.29, 0.717) is 17.2 Å². The zero-order valence-electron chi connectivity index (χ0n) is 28.3. The molecule has 16 heteroatoms. The quantitative estimate of drug-likeness (QED) is 0.194. The lowest BCUT2D eigenvalue weighted by atomic mass is 9.85. The van der Waals surface area contributed by atoms with Crippen LogP contribution in [0.2, 0.25) is 0 Å². The number of hydrogen-bond acceptors (Lipinski definition) is 10. The third-order valence-corrected chi connectivity index (χ3v) is 10.8. The summed E-state index contributed by atoms with van der Waals surface area (Å²) in [5.41, 5.74) is 8.62. The molecule has 50 heavy (non-hydrogen) atoms. The highest BCUT2D eigenvalue weighted by Gasteiger charge is 2.49. The van der Waals surface area contributed by atoms with Crippen molar-refractivity contribution in [3.63, 3.8) is 0 Å². The van der Waals surface area contributed by atoms with E-state index >= 15 is 0 Å². The van der Waals surface area contributed by atoms with E-state index in [1.807, 2.05) is 0 Å². The van der Waals surface area contributed by atoms with Crippen molar-refractivity contribution in [1.82, 2.24) is 25.2 Å². The predicted octanol–water partition coefficient (Wildman–Crippen LogP) is 1.43. The number of hydrogen-bond donors (Lipinski definition) is 4. The van der Waals surface area contributed by atoms with Gasteiger partial charge in [0.05, 0.1) is 17.9 Å². The second-order valence-corrected chi connectivity index (χ2v) is 15.1. The molecule has 0 radical (unpaired) electrons. The number of aliphatic imine (C=N–C) groups is 1. The van der Waals surface area contributed by atoms with E-state index in [2.05, 4.69) is 20.6 Å². The molecule has 268 valence electrons. The fourth-order valence-corrected chi connectivity index (χ4v) is 8.26.